The molecule has 90 valence electrons. The fourth-order valence-electron chi connectivity index (χ4n) is 1.19. The molecule has 0 radical (unpaired) electrons. The smallest absolute Gasteiger partial charge is 0.337 e. The normalized spacial score (nSPS) is 10.5. The summed E-state index contributed by atoms with van der Waals surface area (Å²) in [4.78, 5) is 22.4. The fourth-order valence-corrected chi connectivity index (χ4v) is 1.19. The van der Waals surface area contributed by atoms with E-state index >= 15 is 0 Å². The predicted molar refractivity (Wildman–Crippen MR) is 60.7 cm³/mol. The molecule has 0 spiro atoms. The van der Waals surface area contributed by atoms with Crippen molar-refractivity contribution in [2.75, 3.05) is 14.2 Å². The first-order valence-corrected chi connectivity index (χ1v) is 4.80. The van der Waals surface area contributed by atoms with Gasteiger partial charge in [-0.1, -0.05) is 27.0 Å². The van der Waals surface area contributed by atoms with Crippen molar-refractivity contribution in [3.8, 4) is 0 Å². The molecule has 0 aromatic heterocycles. The molecule has 0 aromatic carbocycles. The summed E-state index contributed by atoms with van der Waals surface area (Å²) in [5.41, 5.74) is 0.0689. The summed E-state index contributed by atoms with van der Waals surface area (Å²) >= 11 is 0. The SMILES string of the molecule is C=C(C(=C)C(C)(C)CC(=O)OC)C(=O)OC. The van der Waals surface area contributed by atoms with E-state index in [-0.39, 0.29) is 18.0 Å². The van der Waals surface area contributed by atoms with Crippen molar-refractivity contribution < 1.29 is 19.1 Å². The molecule has 0 aliphatic carbocycles. The largest absolute Gasteiger partial charge is 0.469 e. The van der Waals surface area contributed by atoms with Crippen LogP contribution in [-0.4, -0.2) is 26.2 Å². The maximum atomic E-state index is 11.3. The number of rotatable bonds is 5. The molecule has 0 saturated carbocycles. The molecule has 4 nitrogen and oxygen atoms in total. The molecular weight excluding hydrogens is 208 g/mol. The van der Waals surface area contributed by atoms with Crippen LogP contribution in [0.15, 0.2) is 24.3 Å². The quantitative estimate of drug-likeness (QED) is 0.408. The molecular formula is C12H18O4. The number of carbonyl (C=O) groups excluding carboxylic acids is 2. The minimum Gasteiger partial charge on any atom is -0.469 e. The van der Waals surface area contributed by atoms with E-state index in [1.165, 1.54) is 14.2 Å². The Morgan fingerprint density at radius 1 is 1.12 bits per heavy atom. The van der Waals surface area contributed by atoms with Gasteiger partial charge in [0.05, 0.1) is 26.2 Å². The second-order valence-electron chi connectivity index (χ2n) is 4.09. The van der Waals surface area contributed by atoms with Gasteiger partial charge in [0.25, 0.3) is 0 Å². The molecule has 0 saturated heterocycles. The number of hydrogen-bond acceptors (Lipinski definition) is 4. The molecule has 0 unspecified atom stereocenters. The van der Waals surface area contributed by atoms with Gasteiger partial charge in [0.15, 0.2) is 0 Å². The van der Waals surface area contributed by atoms with Crippen LogP contribution >= 0.6 is 0 Å². The molecule has 0 aliphatic heterocycles. The predicted octanol–water partition coefficient (Wildman–Crippen LogP) is 1.86. The Kier molecular flexibility index (Phi) is 4.95. The summed E-state index contributed by atoms with van der Waals surface area (Å²) in [6.07, 6.45) is 0.137. The van der Waals surface area contributed by atoms with E-state index in [4.69, 9.17) is 0 Å². The standard InChI is InChI=1S/C12H18O4/c1-8(11(14)16-6)9(2)12(3,4)7-10(13)15-5/h1-2,7H2,3-6H3. The second kappa shape index (κ2) is 5.49. The van der Waals surface area contributed by atoms with Gasteiger partial charge in [0.2, 0.25) is 0 Å². The van der Waals surface area contributed by atoms with Crippen LogP contribution in [0, 0.1) is 5.41 Å². The Bertz CT molecular complexity index is 326. The van der Waals surface area contributed by atoms with E-state index in [9.17, 15) is 9.59 Å². The highest BCUT2D eigenvalue weighted by atomic mass is 16.5. The van der Waals surface area contributed by atoms with Crippen LogP contribution in [-0.2, 0) is 19.1 Å². The molecule has 0 bridgehead atoms. The first-order valence-electron chi connectivity index (χ1n) is 4.80. The van der Waals surface area contributed by atoms with E-state index < -0.39 is 11.4 Å². The summed E-state index contributed by atoms with van der Waals surface area (Å²) in [5, 5.41) is 0. The fraction of sp³-hybridized carbons (Fsp3) is 0.500. The van der Waals surface area contributed by atoms with Gasteiger partial charge in [-0.25, -0.2) is 4.79 Å². The molecule has 0 rings (SSSR count). The summed E-state index contributed by atoms with van der Waals surface area (Å²) < 4.78 is 9.12. The third-order valence-electron chi connectivity index (χ3n) is 2.43. The molecule has 0 atom stereocenters. The molecule has 0 aromatic rings. The van der Waals surface area contributed by atoms with Gasteiger partial charge in [-0.05, 0) is 5.57 Å². The van der Waals surface area contributed by atoms with E-state index in [0.717, 1.165) is 0 Å². The summed E-state index contributed by atoms with van der Waals surface area (Å²) in [5.74, 6) is -0.897. The Hall–Kier alpha value is -1.58. The maximum Gasteiger partial charge on any atom is 0.337 e. The van der Waals surface area contributed by atoms with Gasteiger partial charge in [-0.2, -0.15) is 0 Å². The van der Waals surface area contributed by atoms with Gasteiger partial charge in [-0.3, -0.25) is 4.79 Å². The lowest BCUT2D eigenvalue weighted by molar-refractivity contribution is -0.142. The molecule has 4 heteroatoms. The van der Waals surface area contributed by atoms with Crippen LogP contribution in [0.4, 0.5) is 0 Å². The van der Waals surface area contributed by atoms with Gasteiger partial charge < -0.3 is 9.47 Å². The van der Waals surface area contributed by atoms with Gasteiger partial charge >= 0.3 is 11.9 Å². The lowest BCUT2D eigenvalue weighted by Crippen LogP contribution is -2.23. The average molecular weight is 226 g/mol. The zero-order valence-electron chi connectivity index (χ0n) is 10.3. The first kappa shape index (κ1) is 14.4. The number of ether oxygens (including phenoxy) is 2. The topological polar surface area (TPSA) is 52.6 Å². The highest BCUT2D eigenvalue weighted by molar-refractivity contribution is 5.93. The minimum absolute atomic E-state index is 0.137. The van der Waals surface area contributed by atoms with Crippen molar-refractivity contribution in [2.24, 2.45) is 5.41 Å². The zero-order valence-corrected chi connectivity index (χ0v) is 10.3. The van der Waals surface area contributed by atoms with Crippen LogP contribution in [0.3, 0.4) is 0 Å². The summed E-state index contributed by atoms with van der Waals surface area (Å²) in [7, 11) is 2.59. The zero-order chi connectivity index (χ0) is 12.9. The minimum atomic E-state index is -0.585. The van der Waals surface area contributed by atoms with Gasteiger partial charge in [-0.15, -0.1) is 0 Å². The van der Waals surface area contributed by atoms with E-state index in [1.807, 2.05) is 0 Å². The second-order valence-corrected chi connectivity index (χ2v) is 4.09. The van der Waals surface area contributed by atoms with Crippen molar-refractivity contribution in [3.05, 3.63) is 24.3 Å². The van der Waals surface area contributed by atoms with Crippen LogP contribution in [0.25, 0.3) is 0 Å². The highest BCUT2D eigenvalue weighted by Crippen LogP contribution is 2.33. The lowest BCUT2D eigenvalue weighted by atomic mass is 9.78. The van der Waals surface area contributed by atoms with Gasteiger partial charge in [0, 0.05) is 5.41 Å². The molecule has 0 heterocycles. The van der Waals surface area contributed by atoms with E-state index in [0.29, 0.717) is 5.57 Å². The van der Waals surface area contributed by atoms with Crippen LogP contribution in [0.5, 0.6) is 0 Å². The number of esters is 2. The van der Waals surface area contributed by atoms with E-state index in [1.54, 1.807) is 13.8 Å². The first-order chi connectivity index (χ1) is 7.26. The summed E-state index contributed by atoms with van der Waals surface area (Å²) in [6.45, 7) is 11.0. The number of hydrogen-bond donors (Lipinski definition) is 0. The monoisotopic (exact) mass is 226 g/mol. The third kappa shape index (κ3) is 3.53. The number of carbonyl (C=O) groups is 2. The van der Waals surface area contributed by atoms with Crippen molar-refractivity contribution in [3.63, 3.8) is 0 Å². The van der Waals surface area contributed by atoms with Crippen molar-refractivity contribution in [1.82, 2.24) is 0 Å². The molecule has 0 amide bonds. The van der Waals surface area contributed by atoms with Crippen molar-refractivity contribution in [2.45, 2.75) is 20.3 Å². The van der Waals surface area contributed by atoms with Crippen LogP contribution < -0.4 is 0 Å². The highest BCUT2D eigenvalue weighted by Gasteiger charge is 2.29. The lowest BCUT2D eigenvalue weighted by Gasteiger charge is -2.26. The maximum absolute atomic E-state index is 11.3. The Morgan fingerprint density at radius 2 is 1.62 bits per heavy atom. The van der Waals surface area contributed by atoms with Crippen molar-refractivity contribution in [1.29, 1.82) is 0 Å². The molecule has 0 N–H and O–H groups in total. The Labute approximate surface area is 95.9 Å². The Balaban J connectivity index is 4.76. The average Bonchev–Trinajstić information content (AvgIpc) is 2.24. The molecule has 0 aliphatic rings. The third-order valence-corrected chi connectivity index (χ3v) is 2.43. The van der Waals surface area contributed by atoms with E-state index in [2.05, 4.69) is 22.6 Å². The van der Waals surface area contributed by atoms with Crippen LogP contribution in [0.1, 0.15) is 20.3 Å². The van der Waals surface area contributed by atoms with Crippen LogP contribution in [0.2, 0.25) is 0 Å². The van der Waals surface area contributed by atoms with Gasteiger partial charge in [0.1, 0.15) is 0 Å². The Morgan fingerprint density at radius 3 is 2.00 bits per heavy atom. The molecule has 0 fully saturated rings. The van der Waals surface area contributed by atoms with Crippen molar-refractivity contribution >= 4 is 11.9 Å². The summed E-state index contributed by atoms with van der Waals surface area (Å²) in [6, 6.07) is 0. The molecule has 16 heavy (non-hydrogen) atoms. The number of methoxy groups -OCH3 is 2.